The number of fused-ring (bicyclic) bond motifs is 2. The summed E-state index contributed by atoms with van der Waals surface area (Å²) >= 11 is 0. The minimum Gasteiger partial charge on any atom is -0.481 e. The van der Waals surface area contributed by atoms with Crippen molar-refractivity contribution in [1.82, 2.24) is 4.72 Å². The van der Waals surface area contributed by atoms with Crippen LogP contribution in [-0.2, 0) is 20.6 Å². The fourth-order valence-corrected chi connectivity index (χ4v) is 6.66. The van der Waals surface area contributed by atoms with Gasteiger partial charge in [-0.2, -0.15) is 0 Å². The van der Waals surface area contributed by atoms with Crippen LogP contribution >= 0.6 is 0 Å². The molecule has 0 aromatic heterocycles. The molecule has 5 nitrogen and oxygen atoms in total. The van der Waals surface area contributed by atoms with Gasteiger partial charge in [0.1, 0.15) is 0 Å². The Labute approximate surface area is 174 Å². The lowest BCUT2D eigenvalue weighted by molar-refractivity contribution is -0.137. The molecule has 29 heavy (non-hydrogen) atoms. The Kier molecular flexibility index (Phi) is 6.84. The van der Waals surface area contributed by atoms with Crippen LogP contribution in [0.3, 0.4) is 0 Å². The number of aliphatic carboxylic acids is 1. The van der Waals surface area contributed by atoms with Gasteiger partial charge in [-0.15, -0.1) is 0 Å². The summed E-state index contributed by atoms with van der Waals surface area (Å²) in [5.41, 5.74) is 1.07. The van der Waals surface area contributed by atoms with Crippen molar-refractivity contribution in [1.29, 1.82) is 0 Å². The van der Waals surface area contributed by atoms with E-state index in [4.69, 9.17) is 5.11 Å². The van der Waals surface area contributed by atoms with Gasteiger partial charge in [-0.1, -0.05) is 56.3 Å². The van der Waals surface area contributed by atoms with Crippen molar-refractivity contribution in [2.75, 3.05) is 0 Å². The van der Waals surface area contributed by atoms with Gasteiger partial charge < -0.3 is 5.11 Å². The van der Waals surface area contributed by atoms with Crippen LogP contribution in [0.15, 0.2) is 42.5 Å². The zero-order valence-corrected chi connectivity index (χ0v) is 18.2. The number of sulfonamides is 1. The highest BCUT2D eigenvalue weighted by atomic mass is 32.2. The predicted molar refractivity (Wildman–Crippen MR) is 115 cm³/mol. The van der Waals surface area contributed by atoms with Crippen LogP contribution in [-0.4, -0.2) is 25.5 Å². The zero-order valence-electron chi connectivity index (χ0n) is 17.4. The van der Waals surface area contributed by atoms with E-state index in [0.29, 0.717) is 18.3 Å². The number of hydrogen-bond acceptors (Lipinski definition) is 3. The van der Waals surface area contributed by atoms with Gasteiger partial charge >= 0.3 is 5.97 Å². The number of carbonyl (C=O) groups is 1. The molecular weight excluding hydrogens is 386 g/mol. The fraction of sp³-hybridized carbons (Fsp3) is 0.609. The van der Waals surface area contributed by atoms with Gasteiger partial charge in [-0.05, 0) is 60.8 Å². The molecule has 1 aromatic carbocycles. The summed E-state index contributed by atoms with van der Waals surface area (Å²) < 4.78 is 28.6. The molecule has 6 heteroatoms. The topological polar surface area (TPSA) is 83.5 Å². The number of hydrogen-bond donors (Lipinski definition) is 2. The lowest BCUT2D eigenvalue weighted by Gasteiger charge is -2.62. The van der Waals surface area contributed by atoms with E-state index in [2.05, 4.69) is 30.7 Å². The molecule has 2 bridgehead atoms. The van der Waals surface area contributed by atoms with Gasteiger partial charge in [0.15, 0.2) is 0 Å². The van der Waals surface area contributed by atoms with Crippen LogP contribution < -0.4 is 4.72 Å². The van der Waals surface area contributed by atoms with E-state index in [1.54, 1.807) is 0 Å². The minimum atomic E-state index is -3.40. The summed E-state index contributed by atoms with van der Waals surface area (Å²) in [6.45, 7) is 4.62. The number of benzene rings is 1. The Morgan fingerprint density at radius 1 is 1.21 bits per heavy atom. The predicted octanol–water partition coefficient (Wildman–Crippen LogP) is 4.36. The molecule has 0 saturated heterocycles. The SMILES string of the molecule is CC1(C)[C@H]2C[C@H](NS(=O)(=O)Cc3ccccc3)[C@@H](C/C=C\CCCC(=O)O)[C@@H]1C2. The highest BCUT2D eigenvalue weighted by Gasteiger charge is 2.57. The maximum Gasteiger partial charge on any atom is 0.303 e. The number of nitrogens with one attached hydrogen (secondary N) is 1. The number of carboxylic acids is 1. The monoisotopic (exact) mass is 419 g/mol. The number of rotatable bonds is 10. The molecule has 0 unspecified atom stereocenters. The van der Waals surface area contributed by atoms with E-state index >= 15 is 0 Å². The third kappa shape index (κ3) is 5.48. The van der Waals surface area contributed by atoms with Crippen molar-refractivity contribution in [3.63, 3.8) is 0 Å². The lowest BCUT2D eigenvalue weighted by Crippen LogP contribution is -2.61. The van der Waals surface area contributed by atoms with Crippen LogP contribution in [0.2, 0.25) is 0 Å². The first-order valence-corrected chi connectivity index (χ1v) is 12.2. The second kappa shape index (κ2) is 9.00. The normalized spacial score (nSPS) is 28.2. The van der Waals surface area contributed by atoms with Crippen molar-refractivity contribution in [3.05, 3.63) is 48.0 Å². The summed E-state index contributed by atoms with van der Waals surface area (Å²) in [7, 11) is -3.40. The Hall–Kier alpha value is -1.66. The van der Waals surface area contributed by atoms with E-state index in [1.807, 2.05) is 30.3 Å². The molecule has 3 saturated carbocycles. The van der Waals surface area contributed by atoms with Gasteiger partial charge in [0.25, 0.3) is 0 Å². The Bertz CT molecular complexity index is 832. The largest absolute Gasteiger partial charge is 0.481 e. The minimum absolute atomic E-state index is 0.0147. The number of unbranched alkanes of at least 4 members (excludes halogenated alkanes) is 1. The first kappa shape index (κ1) is 22.0. The van der Waals surface area contributed by atoms with E-state index in [0.717, 1.165) is 24.8 Å². The van der Waals surface area contributed by atoms with Gasteiger partial charge in [-0.3, -0.25) is 4.79 Å². The Morgan fingerprint density at radius 3 is 2.59 bits per heavy atom. The van der Waals surface area contributed by atoms with Crippen molar-refractivity contribution < 1.29 is 18.3 Å². The molecule has 0 heterocycles. The second-order valence-electron chi connectivity index (χ2n) is 9.22. The Balaban J connectivity index is 1.63. The maximum atomic E-state index is 12.8. The third-order valence-corrected chi connectivity index (χ3v) is 8.36. The van der Waals surface area contributed by atoms with Gasteiger partial charge in [0, 0.05) is 12.5 Å². The van der Waals surface area contributed by atoms with E-state index in [9.17, 15) is 13.2 Å². The van der Waals surface area contributed by atoms with Gasteiger partial charge in [0.2, 0.25) is 10.0 Å². The lowest BCUT2D eigenvalue weighted by atomic mass is 9.44. The summed E-state index contributed by atoms with van der Waals surface area (Å²) in [4.78, 5) is 10.6. The molecule has 160 valence electrons. The van der Waals surface area contributed by atoms with E-state index in [-0.39, 0.29) is 29.5 Å². The Morgan fingerprint density at radius 2 is 1.93 bits per heavy atom. The first-order chi connectivity index (χ1) is 13.7. The molecule has 3 aliphatic rings. The number of carboxylic acid groups (broad SMARTS) is 1. The average molecular weight is 420 g/mol. The molecule has 0 amide bonds. The molecule has 0 radical (unpaired) electrons. The van der Waals surface area contributed by atoms with Crippen molar-refractivity contribution >= 4 is 16.0 Å². The average Bonchev–Trinajstić information content (AvgIpc) is 2.65. The van der Waals surface area contributed by atoms with Crippen LogP contribution in [0, 0.1) is 23.2 Å². The van der Waals surface area contributed by atoms with Crippen LogP contribution in [0.5, 0.6) is 0 Å². The molecule has 3 aliphatic carbocycles. The fourth-order valence-electron chi connectivity index (χ4n) is 5.22. The van der Waals surface area contributed by atoms with Crippen LogP contribution in [0.4, 0.5) is 0 Å². The summed E-state index contributed by atoms with van der Waals surface area (Å²) in [5.74, 6) is 0.639. The zero-order chi connectivity index (χ0) is 21.1. The van der Waals surface area contributed by atoms with Crippen molar-refractivity contribution in [2.24, 2.45) is 23.2 Å². The smallest absolute Gasteiger partial charge is 0.303 e. The molecule has 1 aromatic rings. The molecular formula is C23H33NO4S. The number of allylic oxidation sites excluding steroid dienone is 2. The van der Waals surface area contributed by atoms with Crippen molar-refractivity contribution in [2.45, 2.75) is 64.2 Å². The van der Waals surface area contributed by atoms with Gasteiger partial charge in [-0.25, -0.2) is 13.1 Å². The van der Waals surface area contributed by atoms with Gasteiger partial charge in [0.05, 0.1) is 5.75 Å². The standard InChI is InChI=1S/C23H33NO4S/c1-23(2)18-14-20(23)19(12-8-3-4-9-13-22(25)26)21(15-18)24-29(27,28)16-17-10-6-5-7-11-17/h3,5-8,10-11,18-21,24H,4,9,12-16H2,1-2H3,(H,25,26)/b8-3-/t18-,19+,20+,21+/m1/s1. The third-order valence-electron chi connectivity index (χ3n) is 6.99. The molecule has 4 rings (SSSR count). The highest BCUT2D eigenvalue weighted by Crippen LogP contribution is 2.62. The van der Waals surface area contributed by atoms with Crippen LogP contribution in [0.1, 0.15) is 57.9 Å². The summed E-state index contributed by atoms with van der Waals surface area (Å²) in [6, 6.07) is 9.28. The second-order valence-corrected chi connectivity index (χ2v) is 11.0. The van der Waals surface area contributed by atoms with Crippen LogP contribution in [0.25, 0.3) is 0 Å². The van der Waals surface area contributed by atoms with Crippen molar-refractivity contribution in [3.8, 4) is 0 Å². The molecule has 0 spiro atoms. The highest BCUT2D eigenvalue weighted by molar-refractivity contribution is 7.88. The molecule has 0 aliphatic heterocycles. The quantitative estimate of drug-likeness (QED) is 0.436. The molecule has 3 fully saturated rings. The first-order valence-electron chi connectivity index (χ1n) is 10.6. The summed E-state index contributed by atoms with van der Waals surface area (Å²) in [6.07, 6.45) is 8.67. The molecule has 4 atom stereocenters. The van der Waals surface area contributed by atoms with E-state index < -0.39 is 16.0 Å². The molecule has 2 N–H and O–H groups in total. The maximum absolute atomic E-state index is 12.8. The van der Waals surface area contributed by atoms with E-state index in [1.165, 1.54) is 6.42 Å². The summed E-state index contributed by atoms with van der Waals surface area (Å²) in [5, 5.41) is 8.73.